The van der Waals surface area contributed by atoms with Crippen LogP contribution in [0.5, 0.6) is 0 Å². The lowest BCUT2D eigenvalue weighted by molar-refractivity contribution is -0.119. The predicted molar refractivity (Wildman–Crippen MR) is 103 cm³/mol. The van der Waals surface area contributed by atoms with E-state index in [-0.39, 0.29) is 11.3 Å². The minimum absolute atomic E-state index is 0.155. The van der Waals surface area contributed by atoms with E-state index < -0.39 is 16.7 Å². The van der Waals surface area contributed by atoms with E-state index in [2.05, 4.69) is 18.0 Å². The lowest BCUT2D eigenvalue weighted by Crippen LogP contribution is -2.52. The van der Waals surface area contributed by atoms with Gasteiger partial charge in [0.1, 0.15) is 0 Å². The van der Waals surface area contributed by atoms with Crippen molar-refractivity contribution >= 4 is 10.4 Å². The number of rotatable bonds is 4. The highest BCUT2D eigenvalue weighted by molar-refractivity contribution is 7.80. The Balaban J connectivity index is 1.50. The summed E-state index contributed by atoms with van der Waals surface area (Å²) in [6.07, 6.45) is 11.8. The molecule has 8 atom stereocenters. The topological polar surface area (TPSA) is 83.8 Å². The van der Waals surface area contributed by atoms with E-state index in [1.807, 2.05) is 0 Å². The molecule has 5 nitrogen and oxygen atoms in total. The number of fused-ring (bicyclic) bond motifs is 5. The first-order valence-electron chi connectivity index (χ1n) is 11.0. The Morgan fingerprint density at radius 1 is 0.963 bits per heavy atom. The van der Waals surface area contributed by atoms with Gasteiger partial charge >= 0.3 is 10.4 Å². The molecule has 6 heteroatoms. The maximum atomic E-state index is 10.9. The number of aliphatic hydroxyl groups excluding tert-OH is 1. The van der Waals surface area contributed by atoms with Crippen LogP contribution in [0.2, 0.25) is 0 Å². The van der Waals surface area contributed by atoms with Crippen LogP contribution in [0.1, 0.15) is 84.5 Å². The summed E-state index contributed by atoms with van der Waals surface area (Å²) in [6.45, 7) is 4.94. The van der Waals surface area contributed by atoms with Crippen LogP contribution >= 0.6 is 0 Å². The molecule has 4 saturated carbocycles. The smallest absolute Gasteiger partial charge is 0.367 e. The highest BCUT2D eigenvalue weighted by Gasteiger charge is 2.59. The Morgan fingerprint density at radius 2 is 1.70 bits per heavy atom. The lowest BCUT2D eigenvalue weighted by Gasteiger charge is -2.60. The number of hydrogen-bond donors (Lipinski definition) is 2. The van der Waals surface area contributed by atoms with Crippen LogP contribution < -0.4 is 0 Å². The standard InChI is InChI=1S/C21H36O5S/c1-20-11-4-3-5-14(20)6-8-16-17-9-7-15(13-19(22)26-27(23,24)25)21(17,2)12-10-18(16)20/h14-19,22H,3-13H2,1-2H3,(H,23,24,25)/t14-,15+,16-,17-,18-,19?,20-,21+/m0/s1. The second-order valence-electron chi connectivity index (χ2n) is 10.4. The Labute approximate surface area is 164 Å². The second-order valence-corrected chi connectivity index (χ2v) is 11.5. The molecule has 4 aliphatic rings. The zero-order valence-electron chi connectivity index (χ0n) is 16.8. The zero-order chi connectivity index (χ0) is 19.4. The summed E-state index contributed by atoms with van der Waals surface area (Å²) in [4.78, 5) is 0. The SMILES string of the molecule is C[C@]12CCCC[C@H]1CC[C@@H]1[C@@H]2CC[C@]2(C)[C@@H](CC(O)OS(=O)(=O)O)CC[C@@H]12. The molecule has 0 aromatic rings. The molecule has 0 amide bonds. The third-order valence-corrected chi connectivity index (χ3v) is 9.96. The highest BCUT2D eigenvalue weighted by atomic mass is 32.3. The van der Waals surface area contributed by atoms with Crippen LogP contribution in [0, 0.1) is 40.4 Å². The van der Waals surface area contributed by atoms with Gasteiger partial charge in [0.2, 0.25) is 0 Å². The summed E-state index contributed by atoms with van der Waals surface area (Å²) >= 11 is 0. The van der Waals surface area contributed by atoms with Crippen molar-refractivity contribution in [1.29, 1.82) is 0 Å². The summed E-state index contributed by atoms with van der Waals surface area (Å²) in [6, 6.07) is 0. The van der Waals surface area contributed by atoms with E-state index in [0.29, 0.717) is 17.8 Å². The molecule has 0 bridgehead atoms. The average Bonchev–Trinajstić information content (AvgIpc) is 2.89. The molecule has 4 rings (SSSR count). The van der Waals surface area contributed by atoms with Gasteiger partial charge < -0.3 is 5.11 Å². The first-order valence-corrected chi connectivity index (χ1v) is 12.3. The molecule has 0 aromatic heterocycles. The molecule has 4 fully saturated rings. The summed E-state index contributed by atoms with van der Waals surface area (Å²) in [5.41, 5.74) is 0.677. The van der Waals surface area contributed by atoms with Crippen molar-refractivity contribution in [2.45, 2.75) is 90.8 Å². The second kappa shape index (κ2) is 6.96. The molecule has 0 aromatic carbocycles. The van der Waals surface area contributed by atoms with Gasteiger partial charge in [-0.05, 0) is 91.8 Å². The molecule has 156 valence electrons. The van der Waals surface area contributed by atoms with Crippen molar-refractivity contribution in [3.63, 3.8) is 0 Å². The first-order chi connectivity index (χ1) is 12.6. The monoisotopic (exact) mass is 400 g/mol. The minimum atomic E-state index is -4.60. The van der Waals surface area contributed by atoms with Gasteiger partial charge in [-0.15, -0.1) is 0 Å². The summed E-state index contributed by atoms with van der Waals surface area (Å²) < 4.78 is 35.1. The minimum Gasteiger partial charge on any atom is -0.367 e. The lowest BCUT2D eigenvalue weighted by atomic mass is 9.45. The van der Waals surface area contributed by atoms with Crippen molar-refractivity contribution in [3.05, 3.63) is 0 Å². The van der Waals surface area contributed by atoms with Crippen molar-refractivity contribution in [2.24, 2.45) is 40.4 Å². The zero-order valence-corrected chi connectivity index (χ0v) is 17.6. The van der Waals surface area contributed by atoms with Gasteiger partial charge in [0, 0.05) is 6.42 Å². The van der Waals surface area contributed by atoms with E-state index in [9.17, 15) is 13.5 Å². The van der Waals surface area contributed by atoms with Crippen molar-refractivity contribution in [3.8, 4) is 0 Å². The van der Waals surface area contributed by atoms with Crippen LogP contribution in [0.25, 0.3) is 0 Å². The van der Waals surface area contributed by atoms with Crippen LogP contribution in [0.3, 0.4) is 0 Å². The third-order valence-electron chi connectivity index (χ3n) is 9.50. The number of hydrogen-bond acceptors (Lipinski definition) is 4. The average molecular weight is 401 g/mol. The van der Waals surface area contributed by atoms with Crippen LogP contribution in [-0.4, -0.2) is 24.4 Å². The summed E-state index contributed by atoms with van der Waals surface area (Å²) in [5, 5.41) is 10.0. The molecule has 0 heterocycles. The highest BCUT2D eigenvalue weighted by Crippen LogP contribution is 2.67. The fraction of sp³-hybridized carbons (Fsp3) is 1.00. The molecule has 1 unspecified atom stereocenters. The largest absolute Gasteiger partial charge is 0.399 e. The van der Waals surface area contributed by atoms with Crippen LogP contribution in [0.15, 0.2) is 0 Å². The molecular weight excluding hydrogens is 364 g/mol. The molecular formula is C21H36O5S. The molecule has 2 N–H and O–H groups in total. The van der Waals surface area contributed by atoms with Gasteiger partial charge in [0.25, 0.3) is 0 Å². The molecule has 0 saturated heterocycles. The fourth-order valence-electron chi connectivity index (χ4n) is 8.21. The maximum absolute atomic E-state index is 10.9. The van der Waals surface area contributed by atoms with Crippen LogP contribution in [-0.2, 0) is 14.6 Å². The summed E-state index contributed by atoms with van der Waals surface area (Å²) in [5.74, 6) is 3.48. The predicted octanol–water partition coefficient (Wildman–Crippen LogP) is 4.56. The summed E-state index contributed by atoms with van der Waals surface area (Å²) in [7, 11) is -4.60. The van der Waals surface area contributed by atoms with Crippen molar-refractivity contribution in [1.82, 2.24) is 0 Å². The fourth-order valence-corrected chi connectivity index (χ4v) is 8.57. The molecule has 4 aliphatic carbocycles. The number of aliphatic hydroxyl groups is 1. The van der Waals surface area contributed by atoms with Gasteiger partial charge in [0.15, 0.2) is 6.29 Å². The van der Waals surface area contributed by atoms with Gasteiger partial charge in [0.05, 0.1) is 0 Å². The molecule has 0 aliphatic heterocycles. The molecule has 27 heavy (non-hydrogen) atoms. The quantitative estimate of drug-likeness (QED) is 0.534. The van der Waals surface area contributed by atoms with Gasteiger partial charge in [-0.2, -0.15) is 8.42 Å². The van der Waals surface area contributed by atoms with Crippen LogP contribution in [0.4, 0.5) is 0 Å². The van der Waals surface area contributed by atoms with Crippen molar-refractivity contribution < 1.29 is 22.3 Å². The van der Waals surface area contributed by atoms with E-state index in [4.69, 9.17) is 4.55 Å². The Kier molecular flexibility index (Phi) is 5.19. The van der Waals surface area contributed by atoms with Crippen molar-refractivity contribution in [2.75, 3.05) is 0 Å². The van der Waals surface area contributed by atoms with Gasteiger partial charge in [-0.3, -0.25) is 4.55 Å². The van der Waals surface area contributed by atoms with E-state index >= 15 is 0 Å². The van der Waals surface area contributed by atoms with E-state index in [0.717, 1.165) is 24.2 Å². The molecule has 0 radical (unpaired) electrons. The van der Waals surface area contributed by atoms with E-state index in [1.54, 1.807) is 0 Å². The maximum Gasteiger partial charge on any atom is 0.399 e. The third kappa shape index (κ3) is 3.49. The Bertz CT molecular complexity index is 663. The first kappa shape index (κ1) is 20.1. The Morgan fingerprint density at radius 3 is 2.44 bits per heavy atom. The van der Waals surface area contributed by atoms with E-state index in [1.165, 1.54) is 57.8 Å². The molecule has 0 spiro atoms. The van der Waals surface area contributed by atoms with Gasteiger partial charge in [-0.1, -0.05) is 26.7 Å². The van der Waals surface area contributed by atoms with Gasteiger partial charge in [-0.25, -0.2) is 4.18 Å². The normalized spacial score (nSPS) is 48.4. The Hall–Kier alpha value is -0.170.